The van der Waals surface area contributed by atoms with Crippen LogP contribution < -0.4 is 19.1 Å². The first-order valence-corrected chi connectivity index (χ1v) is 8.90. The number of carbonyl (C=O) groups excluding carboxylic acids is 1. The summed E-state index contributed by atoms with van der Waals surface area (Å²) in [4.78, 5) is 14.5. The van der Waals surface area contributed by atoms with E-state index < -0.39 is 11.7 Å². The third-order valence-corrected chi connectivity index (χ3v) is 5.27. The second kappa shape index (κ2) is 6.16. The number of rotatable bonds is 3. The topological polar surface area (TPSA) is 68.2 Å². The van der Waals surface area contributed by atoms with Crippen LogP contribution in [-0.2, 0) is 4.79 Å². The molecule has 6 heteroatoms. The summed E-state index contributed by atoms with van der Waals surface area (Å²) in [6.45, 7) is 3.17. The van der Waals surface area contributed by atoms with Gasteiger partial charge in [0.25, 0.3) is 0 Å². The molecule has 0 saturated heterocycles. The molecule has 0 saturated carbocycles. The second-order valence-electron chi connectivity index (χ2n) is 7.45. The average Bonchev–Trinajstić information content (AvgIpc) is 3.05. The molecule has 0 spiro atoms. The van der Waals surface area contributed by atoms with Gasteiger partial charge in [-0.15, -0.1) is 0 Å². The van der Waals surface area contributed by atoms with E-state index in [0.717, 1.165) is 16.8 Å². The zero-order chi connectivity index (χ0) is 19.3. The number of hydrogen-bond acceptors (Lipinski definition) is 6. The molecular weight excluding hydrogens is 346 g/mol. The fraction of sp³-hybridized carbons (Fsp3) is 0.381. The number of Topliss-reactive ketones (excluding diaryl/α,β-unsaturated/α-hetero) is 1. The highest BCUT2D eigenvalue weighted by Gasteiger charge is 2.49. The number of ketones is 1. The van der Waals surface area contributed by atoms with Crippen molar-refractivity contribution in [1.82, 2.24) is 0 Å². The van der Waals surface area contributed by atoms with Crippen molar-refractivity contribution in [2.24, 2.45) is 5.92 Å². The second-order valence-corrected chi connectivity index (χ2v) is 7.45. The Balaban J connectivity index is 1.89. The van der Waals surface area contributed by atoms with Crippen LogP contribution in [0.3, 0.4) is 0 Å². The fourth-order valence-corrected chi connectivity index (χ4v) is 4.01. The largest absolute Gasteiger partial charge is 0.462 e. The Kier molecular flexibility index (Phi) is 4.03. The molecule has 2 heterocycles. The predicted molar refractivity (Wildman–Crippen MR) is 101 cm³/mol. The highest BCUT2D eigenvalue weighted by atomic mass is 16.7. The lowest BCUT2D eigenvalue weighted by atomic mass is 9.72. The Morgan fingerprint density at radius 3 is 2.33 bits per heavy atom. The van der Waals surface area contributed by atoms with Crippen molar-refractivity contribution in [1.29, 1.82) is 0 Å². The maximum absolute atomic E-state index is 12.5. The smallest absolute Gasteiger partial charge is 0.231 e. The van der Waals surface area contributed by atoms with E-state index in [9.17, 15) is 9.90 Å². The molecule has 6 nitrogen and oxygen atoms in total. The Morgan fingerprint density at radius 2 is 1.74 bits per heavy atom. The number of nitrogens with zero attached hydrogens (tertiary/aromatic N) is 1. The van der Waals surface area contributed by atoms with E-state index in [1.165, 1.54) is 13.8 Å². The molecular formula is C21H23NO5. The molecule has 27 heavy (non-hydrogen) atoms. The van der Waals surface area contributed by atoms with Crippen molar-refractivity contribution in [2.75, 3.05) is 25.8 Å². The van der Waals surface area contributed by atoms with Crippen molar-refractivity contribution in [2.45, 2.75) is 25.6 Å². The van der Waals surface area contributed by atoms with Crippen LogP contribution in [0.4, 0.5) is 5.69 Å². The van der Waals surface area contributed by atoms with E-state index >= 15 is 0 Å². The first kappa shape index (κ1) is 17.7. The maximum atomic E-state index is 12.5. The van der Waals surface area contributed by atoms with Gasteiger partial charge in [0.1, 0.15) is 11.5 Å². The molecule has 2 aliphatic rings. The summed E-state index contributed by atoms with van der Waals surface area (Å²) < 4.78 is 16.8. The van der Waals surface area contributed by atoms with E-state index in [2.05, 4.69) is 0 Å². The van der Waals surface area contributed by atoms with Crippen LogP contribution >= 0.6 is 0 Å². The molecule has 0 bridgehead atoms. The van der Waals surface area contributed by atoms with Gasteiger partial charge < -0.3 is 24.2 Å². The molecule has 2 aliphatic heterocycles. The van der Waals surface area contributed by atoms with Gasteiger partial charge in [-0.2, -0.15) is 0 Å². The summed E-state index contributed by atoms with van der Waals surface area (Å²) >= 11 is 0. The van der Waals surface area contributed by atoms with Gasteiger partial charge in [-0.1, -0.05) is 12.1 Å². The normalized spacial score (nSPS) is 25.5. The summed E-state index contributed by atoms with van der Waals surface area (Å²) in [7, 11) is 3.95. The zero-order valence-electron chi connectivity index (χ0n) is 15.9. The van der Waals surface area contributed by atoms with Gasteiger partial charge >= 0.3 is 0 Å². The van der Waals surface area contributed by atoms with Crippen molar-refractivity contribution in [3.8, 4) is 17.2 Å². The van der Waals surface area contributed by atoms with E-state index in [-0.39, 0.29) is 18.5 Å². The molecule has 0 aliphatic carbocycles. The Bertz CT molecular complexity index is 888. The third kappa shape index (κ3) is 2.90. The summed E-state index contributed by atoms with van der Waals surface area (Å²) in [5.41, 5.74) is 2.80. The maximum Gasteiger partial charge on any atom is 0.231 e. The minimum absolute atomic E-state index is 0.134. The molecule has 1 N–H and O–H groups in total. The van der Waals surface area contributed by atoms with Crippen LogP contribution in [0.2, 0.25) is 0 Å². The number of carbonyl (C=O) groups is 1. The summed E-state index contributed by atoms with van der Waals surface area (Å²) in [6, 6.07) is 11.6. The molecule has 0 radical (unpaired) electrons. The molecule has 142 valence electrons. The predicted octanol–water partition coefficient (Wildman–Crippen LogP) is 2.92. The summed E-state index contributed by atoms with van der Waals surface area (Å²) in [5.74, 6) is -1.16. The quantitative estimate of drug-likeness (QED) is 0.897. The lowest BCUT2D eigenvalue weighted by Crippen LogP contribution is -2.50. The third-order valence-electron chi connectivity index (χ3n) is 5.27. The number of ether oxygens (including phenoxy) is 3. The highest BCUT2D eigenvalue weighted by molar-refractivity contribution is 5.82. The Morgan fingerprint density at radius 1 is 1.11 bits per heavy atom. The van der Waals surface area contributed by atoms with Gasteiger partial charge in [-0.05, 0) is 30.7 Å². The van der Waals surface area contributed by atoms with Gasteiger partial charge in [-0.25, -0.2) is 0 Å². The van der Waals surface area contributed by atoms with E-state index in [1.54, 1.807) is 6.07 Å². The highest BCUT2D eigenvalue weighted by Crippen LogP contribution is 2.51. The number of aliphatic hydroxyl groups is 1. The summed E-state index contributed by atoms with van der Waals surface area (Å²) in [6.07, 6.45) is 0. The van der Waals surface area contributed by atoms with Gasteiger partial charge in [0, 0.05) is 44.3 Å². The van der Waals surface area contributed by atoms with Crippen LogP contribution in [0.25, 0.3) is 0 Å². The number of fused-ring (bicyclic) bond motifs is 2. The number of anilines is 1. The molecule has 3 unspecified atom stereocenters. The van der Waals surface area contributed by atoms with Crippen LogP contribution in [0.15, 0.2) is 36.4 Å². The average molecular weight is 369 g/mol. The molecule has 0 amide bonds. The van der Waals surface area contributed by atoms with Crippen molar-refractivity contribution < 1.29 is 24.1 Å². The van der Waals surface area contributed by atoms with Crippen LogP contribution in [0, 0.1) is 5.92 Å². The molecule has 0 aromatic heterocycles. The minimum atomic E-state index is -1.63. The van der Waals surface area contributed by atoms with Gasteiger partial charge in [-0.3, -0.25) is 4.79 Å². The molecule has 0 fully saturated rings. The van der Waals surface area contributed by atoms with Gasteiger partial charge in [0.2, 0.25) is 12.6 Å². The van der Waals surface area contributed by atoms with Gasteiger partial charge in [0.05, 0.1) is 5.92 Å². The summed E-state index contributed by atoms with van der Waals surface area (Å²) in [5, 5.41) is 11.0. The molecule has 4 rings (SSSR count). The van der Waals surface area contributed by atoms with Crippen LogP contribution in [0.1, 0.15) is 30.9 Å². The zero-order valence-corrected chi connectivity index (χ0v) is 15.9. The minimum Gasteiger partial charge on any atom is -0.462 e. The van der Waals surface area contributed by atoms with E-state index in [4.69, 9.17) is 14.2 Å². The van der Waals surface area contributed by atoms with Gasteiger partial charge in [0.15, 0.2) is 11.5 Å². The van der Waals surface area contributed by atoms with Crippen LogP contribution in [0.5, 0.6) is 17.2 Å². The van der Waals surface area contributed by atoms with E-state index in [1.807, 2.05) is 49.3 Å². The van der Waals surface area contributed by atoms with E-state index in [0.29, 0.717) is 17.2 Å². The number of benzene rings is 2. The molecule has 3 atom stereocenters. The first-order valence-electron chi connectivity index (χ1n) is 8.90. The lowest BCUT2D eigenvalue weighted by Gasteiger charge is -2.42. The molecule has 2 aromatic carbocycles. The Hall–Kier alpha value is -2.73. The van der Waals surface area contributed by atoms with Crippen LogP contribution in [-0.4, -0.2) is 37.6 Å². The standard InChI is InChI=1S/C21H23NO5/c1-12(23)20-19(13-5-7-14(8-6-13)22(3)4)15-9-17-18(26-11-25-17)10-16(15)27-21(20,2)24/h5-10,19-20,24H,11H2,1-4H3. The SMILES string of the molecule is CC(=O)C1C(c2ccc(N(C)C)cc2)c2cc3c(cc2OC1(C)O)OCO3. The number of hydrogen-bond donors (Lipinski definition) is 1. The fourth-order valence-electron chi connectivity index (χ4n) is 4.01. The lowest BCUT2D eigenvalue weighted by molar-refractivity contribution is -0.181. The van der Waals surface area contributed by atoms with Crippen molar-refractivity contribution >= 4 is 11.5 Å². The van der Waals surface area contributed by atoms with Crippen molar-refractivity contribution in [3.63, 3.8) is 0 Å². The molecule has 2 aromatic rings. The Labute approximate surface area is 158 Å². The first-order chi connectivity index (χ1) is 12.8. The monoisotopic (exact) mass is 369 g/mol. The van der Waals surface area contributed by atoms with Crippen molar-refractivity contribution in [3.05, 3.63) is 47.5 Å².